The second-order valence-corrected chi connectivity index (χ2v) is 6.10. The van der Waals surface area contributed by atoms with Crippen LogP contribution in [0.3, 0.4) is 0 Å². The minimum atomic E-state index is -0.839. The molecule has 0 atom stereocenters. The number of amides is 2. The largest absolute Gasteiger partial charge is 0.456 e. The zero-order valence-corrected chi connectivity index (χ0v) is 15.8. The molecule has 30 heavy (non-hydrogen) atoms. The van der Waals surface area contributed by atoms with Crippen molar-refractivity contribution >= 4 is 29.3 Å². The molecule has 0 heterocycles. The van der Waals surface area contributed by atoms with Crippen LogP contribution in [-0.4, -0.2) is 48.2 Å². The molecular formula is C20H19N3O7. The Morgan fingerprint density at radius 3 is 2.13 bits per heavy atom. The van der Waals surface area contributed by atoms with Crippen molar-refractivity contribution in [1.82, 2.24) is 10.6 Å². The lowest BCUT2D eigenvalue weighted by molar-refractivity contribution is -0.384. The molecule has 0 saturated carbocycles. The first-order valence-electron chi connectivity index (χ1n) is 8.85. The van der Waals surface area contributed by atoms with Gasteiger partial charge in [-0.05, 0) is 17.7 Å². The average molecular weight is 413 g/mol. The summed E-state index contributed by atoms with van der Waals surface area (Å²) in [7, 11) is 0. The number of carbonyl (C=O) groups is 4. The highest BCUT2D eigenvalue weighted by Crippen LogP contribution is 2.12. The number of ketones is 1. The molecule has 2 rings (SSSR count). The Morgan fingerprint density at radius 1 is 0.867 bits per heavy atom. The van der Waals surface area contributed by atoms with E-state index in [-0.39, 0.29) is 30.1 Å². The number of nitrogens with one attached hydrogen (secondary N) is 2. The first-order chi connectivity index (χ1) is 14.3. The van der Waals surface area contributed by atoms with Crippen molar-refractivity contribution in [3.8, 4) is 0 Å². The minimum Gasteiger partial charge on any atom is -0.456 e. The third kappa shape index (κ3) is 7.50. The Morgan fingerprint density at radius 2 is 1.50 bits per heavy atom. The number of nitrogens with zero attached hydrogens (tertiary/aromatic N) is 1. The molecule has 0 aliphatic rings. The number of benzene rings is 2. The third-order valence-corrected chi connectivity index (χ3v) is 3.85. The van der Waals surface area contributed by atoms with Gasteiger partial charge in [0.15, 0.2) is 12.4 Å². The number of hydrogen-bond acceptors (Lipinski definition) is 7. The van der Waals surface area contributed by atoms with Crippen LogP contribution in [0, 0.1) is 10.1 Å². The van der Waals surface area contributed by atoms with Crippen LogP contribution in [0.25, 0.3) is 0 Å². The highest BCUT2D eigenvalue weighted by Gasteiger charge is 2.13. The summed E-state index contributed by atoms with van der Waals surface area (Å²) in [5, 5.41) is 15.3. The van der Waals surface area contributed by atoms with E-state index in [0.29, 0.717) is 0 Å². The molecule has 0 aliphatic heterocycles. The number of esters is 1. The molecule has 0 spiro atoms. The average Bonchev–Trinajstić information content (AvgIpc) is 2.75. The smallest absolute Gasteiger partial charge is 0.325 e. The summed E-state index contributed by atoms with van der Waals surface area (Å²) in [5.74, 6) is -2.31. The zero-order chi connectivity index (χ0) is 21.9. The van der Waals surface area contributed by atoms with Crippen molar-refractivity contribution in [1.29, 1.82) is 0 Å². The molecule has 10 heteroatoms. The number of hydrogen-bond donors (Lipinski definition) is 2. The van der Waals surface area contributed by atoms with E-state index in [1.807, 2.05) is 6.07 Å². The number of rotatable bonds is 10. The standard InChI is InChI=1S/C20H19N3O7/c24-17(15-6-8-16(9-7-15)23(28)29)13-30-20(27)12-22-19(26)11-21-18(25)10-14-4-2-1-3-5-14/h1-9H,10-13H2,(H,21,25)(H,22,26). The van der Waals surface area contributed by atoms with Gasteiger partial charge >= 0.3 is 5.97 Å². The lowest BCUT2D eigenvalue weighted by Crippen LogP contribution is -2.40. The summed E-state index contributed by atoms with van der Waals surface area (Å²) >= 11 is 0. The van der Waals surface area contributed by atoms with Crippen LogP contribution < -0.4 is 10.6 Å². The van der Waals surface area contributed by atoms with Gasteiger partial charge in [0.25, 0.3) is 5.69 Å². The molecule has 10 nitrogen and oxygen atoms in total. The fourth-order valence-corrected chi connectivity index (χ4v) is 2.31. The predicted octanol–water partition coefficient (Wildman–Crippen LogP) is 0.796. The van der Waals surface area contributed by atoms with E-state index in [9.17, 15) is 29.3 Å². The normalized spacial score (nSPS) is 10.0. The van der Waals surface area contributed by atoms with E-state index in [2.05, 4.69) is 10.6 Å². The molecule has 0 saturated heterocycles. The van der Waals surface area contributed by atoms with E-state index in [1.165, 1.54) is 24.3 Å². The Kier molecular flexibility index (Phi) is 8.18. The molecule has 2 aromatic rings. The molecule has 0 bridgehead atoms. The molecular weight excluding hydrogens is 394 g/mol. The van der Waals surface area contributed by atoms with E-state index in [0.717, 1.165) is 5.56 Å². The number of nitro groups is 1. The van der Waals surface area contributed by atoms with Gasteiger partial charge in [-0.1, -0.05) is 30.3 Å². The Hall–Kier alpha value is -4.08. The number of carbonyl (C=O) groups excluding carboxylic acids is 4. The number of ether oxygens (including phenoxy) is 1. The maximum atomic E-state index is 11.9. The van der Waals surface area contributed by atoms with Crippen molar-refractivity contribution in [2.75, 3.05) is 19.7 Å². The van der Waals surface area contributed by atoms with Gasteiger partial charge in [0.2, 0.25) is 11.8 Å². The third-order valence-electron chi connectivity index (χ3n) is 3.85. The van der Waals surface area contributed by atoms with Crippen LogP contribution in [-0.2, 0) is 25.5 Å². The number of Topliss-reactive ketones (excluding diaryl/α,β-unsaturated/α-hetero) is 1. The lowest BCUT2D eigenvalue weighted by atomic mass is 10.1. The molecule has 2 aromatic carbocycles. The number of nitro benzene ring substituents is 1. The maximum Gasteiger partial charge on any atom is 0.325 e. The van der Waals surface area contributed by atoms with Gasteiger partial charge in [0.05, 0.1) is 17.9 Å². The quantitative estimate of drug-likeness (QED) is 0.254. The molecule has 2 amide bonds. The van der Waals surface area contributed by atoms with Gasteiger partial charge in [-0.3, -0.25) is 29.3 Å². The molecule has 0 fully saturated rings. The van der Waals surface area contributed by atoms with Crippen LogP contribution in [0.5, 0.6) is 0 Å². The molecule has 0 aromatic heterocycles. The van der Waals surface area contributed by atoms with E-state index >= 15 is 0 Å². The molecule has 2 N–H and O–H groups in total. The van der Waals surface area contributed by atoms with E-state index in [4.69, 9.17) is 4.74 Å². The molecule has 0 aliphatic carbocycles. The topological polar surface area (TPSA) is 145 Å². The minimum absolute atomic E-state index is 0.126. The Labute approximate surface area is 171 Å². The van der Waals surface area contributed by atoms with Gasteiger partial charge in [-0.25, -0.2) is 0 Å². The van der Waals surface area contributed by atoms with Gasteiger partial charge < -0.3 is 15.4 Å². The van der Waals surface area contributed by atoms with E-state index < -0.39 is 35.7 Å². The second kappa shape index (κ2) is 11.1. The summed E-state index contributed by atoms with van der Waals surface area (Å²) in [6.07, 6.45) is 0.126. The first-order valence-corrected chi connectivity index (χ1v) is 8.85. The molecule has 0 radical (unpaired) electrons. The lowest BCUT2D eigenvalue weighted by Gasteiger charge is -2.07. The van der Waals surface area contributed by atoms with Gasteiger partial charge in [0.1, 0.15) is 6.54 Å². The van der Waals surface area contributed by atoms with Gasteiger partial charge in [-0.15, -0.1) is 0 Å². The van der Waals surface area contributed by atoms with Gasteiger partial charge in [0, 0.05) is 17.7 Å². The van der Waals surface area contributed by atoms with E-state index in [1.54, 1.807) is 24.3 Å². The molecule has 0 unspecified atom stereocenters. The predicted molar refractivity (Wildman–Crippen MR) is 105 cm³/mol. The highest BCUT2D eigenvalue weighted by atomic mass is 16.6. The Balaban J connectivity index is 1.65. The van der Waals surface area contributed by atoms with Crippen LogP contribution >= 0.6 is 0 Å². The summed E-state index contributed by atoms with van der Waals surface area (Å²) in [6.45, 7) is -1.35. The maximum absolute atomic E-state index is 11.9. The van der Waals surface area contributed by atoms with Crippen molar-refractivity contribution < 1.29 is 28.8 Å². The summed E-state index contributed by atoms with van der Waals surface area (Å²) in [5.41, 5.74) is 0.789. The van der Waals surface area contributed by atoms with Crippen molar-refractivity contribution in [2.45, 2.75) is 6.42 Å². The first kappa shape index (κ1) is 22.2. The summed E-state index contributed by atoms with van der Waals surface area (Å²) in [4.78, 5) is 57.0. The summed E-state index contributed by atoms with van der Waals surface area (Å²) < 4.78 is 4.77. The van der Waals surface area contributed by atoms with Crippen LogP contribution in [0.15, 0.2) is 54.6 Å². The summed E-state index contributed by atoms with van der Waals surface area (Å²) in [6, 6.07) is 13.8. The molecule has 156 valence electrons. The Bertz CT molecular complexity index is 927. The van der Waals surface area contributed by atoms with Crippen LogP contribution in [0.4, 0.5) is 5.69 Å². The van der Waals surface area contributed by atoms with Crippen molar-refractivity contribution in [3.05, 3.63) is 75.8 Å². The fraction of sp³-hybridized carbons (Fsp3) is 0.200. The zero-order valence-electron chi connectivity index (χ0n) is 15.8. The van der Waals surface area contributed by atoms with Gasteiger partial charge in [-0.2, -0.15) is 0 Å². The van der Waals surface area contributed by atoms with Crippen molar-refractivity contribution in [3.63, 3.8) is 0 Å². The SMILES string of the molecule is O=C(CNC(=O)Cc1ccccc1)NCC(=O)OCC(=O)c1ccc([N+](=O)[O-])cc1. The highest BCUT2D eigenvalue weighted by molar-refractivity contribution is 5.98. The van der Waals surface area contributed by atoms with Crippen LogP contribution in [0.1, 0.15) is 15.9 Å². The monoisotopic (exact) mass is 413 g/mol. The second-order valence-electron chi connectivity index (χ2n) is 6.10. The van der Waals surface area contributed by atoms with Crippen LogP contribution in [0.2, 0.25) is 0 Å². The van der Waals surface area contributed by atoms with Crippen molar-refractivity contribution in [2.24, 2.45) is 0 Å². The fourth-order valence-electron chi connectivity index (χ4n) is 2.31. The number of non-ortho nitro benzene ring substituents is 1.